The Hall–Kier alpha value is -1.23. The second-order valence-electron chi connectivity index (χ2n) is 5.96. The number of aromatic nitrogens is 1. The predicted molar refractivity (Wildman–Crippen MR) is 80.9 cm³/mol. The number of pyridine rings is 1. The fraction of sp³-hybridized carbons (Fsp3) is 0.600. The summed E-state index contributed by atoms with van der Waals surface area (Å²) in [6, 6.07) is 4.26. The molecule has 0 unspecified atom stereocenters. The Balaban J connectivity index is 1.89. The zero-order valence-corrected chi connectivity index (χ0v) is 13.2. The van der Waals surface area contributed by atoms with Gasteiger partial charge in [-0.25, -0.2) is 4.79 Å². The van der Waals surface area contributed by atoms with Gasteiger partial charge < -0.3 is 9.64 Å². The van der Waals surface area contributed by atoms with Crippen LogP contribution in [0, 0.1) is 0 Å². The van der Waals surface area contributed by atoms with Gasteiger partial charge in [0.25, 0.3) is 0 Å². The van der Waals surface area contributed by atoms with Crippen LogP contribution in [0.2, 0.25) is 0 Å². The van der Waals surface area contributed by atoms with Crippen molar-refractivity contribution in [2.45, 2.75) is 50.2 Å². The van der Waals surface area contributed by atoms with Gasteiger partial charge in [0, 0.05) is 35.6 Å². The lowest BCUT2D eigenvalue weighted by Crippen LogP contribution is -2.40. The monoisotopic (exact) mass is 294 g/mol. The molecule has 1 saturated heterocycles. The molecule has 20 heavy (non-hydrogen) atoms. The first-order valence-electron chi connectivity index (χ1n) is 6.98. The van der Waals surface area contributed by atoms with Gasteiger partial charge in [-0.1, -0.05) is 0 Å². The summed E-state index contributed by atoms with van der Waals surface area (Å²) in [6.07, 6.45) is 5.51. The molecule has 0 saturated carbocycles. The van der Waals surface area contributed by atoms with E-state index < -0.39 is 5.60 Å². The Bertz CT molecular complexity index is 445. The van der Waals surface area contributed by atoms with E-state index >= 15 is 0 Å². The number of thioether (sulfide) groups is 1. The summed E-state index contributed by atoms with van der Waals surface area (Å²) in [6.45, 7) is 6.52. The van der Waals surface area contributed by atoms with Gasteiger partial charge in [-0.15, -0.1) is 11.8 Å². The lowest BCUT2D eigenvalue weighted by Gasteiger charge is -2.28. The van der Waals surface area contributed by atoms with E-state index in [1.165, 1.54) is 4.90 Å². The van der Waals surface area contributed by atoms with Gasteiger partial charge in [0.2, 0.25) is 0 Å². The molecule has 1 aliphatic rings. The lowest BCUT2D eigenvalue weighted by molar-refractivity contribution is 0.0242. The molecule has 0 radical (unpaired) electrons. The maximum absolute atomic E-state index is 12.2. The van der Waals surface area contributed by atoms with Crippen LogP contribution in [0.15, 0.2) is 29.4 Å². The summed E-state index contributed by atoms with van der Waals surface area (Å²) in [5.74, 6) is 0.906. The van der Waals surface area contributed by atoms with Crippen molar-refractivity contribution in [2.24, 2.45) is 0 Å². The molecule has 1 fully saturated rings. The van der Waals surface area contributed by atoms with Crippen molar-refractivity contribution in [1.82, 2.24) is 9.88 Å². The molecule has 1 aromatic rings. The molecule has 0 spiro atoms. The summed E-state index contributed by atoms with van der Waals surface area (Å²) < 4.78 is 5.47. The van der Waals surface area contributed by atoms with Crippen molar-refractivity contribution in [2.75, 3.05) is 12.3 Å². The van der Waals surface area contributed by atoms with Crippen LogP contribution >= 0.6 is 11.8 Å². The van der Waals surface area contributed by atoms with Crippen molar-refractivity contribution >= 4 is 17.9 Å². The SMILES string of the molecule is CC(C)(C)OC(=O)N1CCC[C@@H]1CSc1ccncc1. The van der Waals surface area contributed by atoms with Crippen LogP contribution in [0.3, 0.4) is 0 Å². The number of carbonyl (C=O) groups is 1. The van der Waals surface area contributed by atoms with Crippen LogP contribution in [0.1, 0.15) is 33.6 Å². The number of carbonyl (C=O) groups excluding carboxylic acids is 1. The molecule has 0 N–H and O–H groups in total. The van der Waals surface area contributed by atoms with Crippen LogP contribution in [-0.4, -0.2) is 39.9 Å². The molecule has 1 aliphatic heterocycles. The standard InChI is InChI=1S/C15H22N2O2S/c1-15(2,3)19-14(18)17-10-4-5-12(17)11-20-13-6-8-16-9-7-13/h6-9,12H,4-5,10-11H2,1-3H3/t12-/m1/s1. The predicted octanol–water partition coefficient (Wildman–Crippen LogP) is 3.57. The number of hydrogen-bond donors (Lipinski definition) is 0. The number of likely N-dealkylation sites (tertiary alicyclic amines) is 1. The van der Waals surface area contributed by atoms with E-state index in [0.717, 1.165) is 25.1 Å². The third kappa shape index (κ3) is 4.40. The molecule has 110 valence electrons. The third-order valence-corrected chi connectivity index (χ3v) is 4.25. The lowest BCUT2D eigenvalue weighted by atomic mass is 10.2. The van der Waals surface area contributed by atoms with Crippen LogP contribution in [0.4, 0.5) is 4.79 Å². The van der Waals surface area contributed by atoms with E-state index in [0.29, 0.717) is 0 Å². The van der Waals surface area contributed by atoms with Gasteiger partial charge in [-0.05, 0) is 45.7 Å². The number of rotatable bonds is 3. The van der Waals surface area contributed by atoms with Gasteiger partial charge in [0.05, 0.1) is 0 Å². The minimum absolute atomic E-state index is 0.185. The summed E-state index contributed by atoms with van der Waals surface area (Å²) in [5, 5.41) is 0. The van der Waals surface area contributed by atoms with Crippen molar-refractivity contribution in [3.8, 4) is 0 Å². The first-order valence-corrected chi connectivity index (χ1v) is 7.97. The first-order chi connectivity index (χ1) is 9.46. The van der Waals surface area contributed by atoms with E-state index in [4.69, 9.17) is 4.74 Å². The van der Waals surface area contributed by atoms with E-state index in [1.807, 2.05) is 37.8 Å². The van der Waals surface area contributed by atoms with Crippen molar-refractivity contribution in [1.29, 1.82) is 0 Å². The Morgan fingerprint density at radius 1 is 1.45 bits per heavy atom. The van der Waals surface area contributed by atoms with Crippen molar-refractivity contribution in [3.63, 3.8) is 0 Å². The second kappa shape index (κ2) is 6.48. The Morgan fingerprint density at radius 2 is 2.15 bits per heavy atom. The van der Waals surface area contributed by atoms with E-state index in [1.54, 1.807) is 24.2 Å². The fourth-order valence-corrected chi connectivity index (χ4v) is 3.24. The molecule has 2 rings (SSSR count). The first kappa shape index (κ1) is 15.2. The van der Waals surface area contributed by atoms with Gasteiger partial charge in [0.15, 0.2) is 0 Å². The average molecular weight is 294 g/mol. The van der Waals surface area contributed by atoms with E-state index in [2.05, 4.69) is 4.98 Å². The maximum Gasteiger partial charge on any atom is 0.410 e. The van der Waals surface area contributed by atoms with Crippen molar-refractivity contribution < 1.29 is 9.53 Å². The zero-order chi connectivity index (χ0) is 14.6. The van der Waals surface area contributed by atoms with Crippen molar-refractivity contribution in [3.05, 3.63) is 24.5 Å². The summed E-state index contributed by atoms with van der Waals surface area (Å²) >= 11 is 1.77. The summed E-state index contributed by atoms with van der Waals surface area (Å²) in [7, 11) is 0. The van der Waals surface area contributed by atoms with Crippen LogP contribution in [0.5, 0.6) is 0 Å². The highest BCUT2D eigenvalue weighted by atomic mass is 32.2. The number of nitrogens with zero attached hydrogens (tertiary/aromatic N) is 2. The largest absolute Gasteiger partial charge is 0.444 e. The van der Waals surface area contributed by atoms with Gasteiger partial charge >= 0.3 is 6.09 Å². The maximum atomic E-state index is 12.2. The molecule has 0 aromatic carbocycles. The summed E-state index contributed by atoms with van der Waals surface area (Å²) in [4.78, 5) is 19.2. The highest BCUT2D eigenvalue weighted by Gasteiger charge is 2.31. The molecule has 0 aliphatic carbocycles. The number of ether oxygens (including phenoxy) is 1. The minimum Gasteiger partial charge on any atom is -0.444 e. The molecule has 1 aromatic heterocycles. The highest BCUT2D eigenvalue weighted by molar-refractivity contribution is 7.99. The molecule has 0 bridgehead atoms. The van der Waals surface area contributed by atoms with Crippen LogP contribution < -0.4 is 0 Å². The van der Waals surface area contributed by atoms with Crippen LogP contribution in [0.25, 0.3) is 0 Å². The number of amides is 1. The highest BCUT2D eigenvalue weighted by Crippen LogP contribution is 2.26. The third-order valence-electron chi connectivity index (χ3n) is 3.10. The zero-order valence-electron chi connectivity index (χ0n) is 12.3. The summed E-state index contributed by atoms with van der Waals surface area (Å²) in [5.41, 5.74) is -0.428. The topological polar surface area (TPSA) is 42.4 Å². The second-order valence-corrected chi connectivity index (χ2v) is 7.06. The van der Waals surface area contributed by atoms with E-state index in [9.17, 15) is 4.79 Å². The smallest absolute Gasteiger partial charge is 0.410 e. The minimum atomic E-state index is -0.428. The van der Waals surface area contributed by atoms with Gasteiger partial charge in [0.1, 0.15) is 5.60 Å². The average Bonchev–Trinajstić information content (AvgIpc) is 2.84. The molecular formula is C15H22N2O2S. The Labute approximate surface area is 124 Å². The normalized spacial score (nSPS) is 19.1. The molecule has 2 heterocycles. The molecule has 1 atom stereocenters. The molecule has 4 nitrogen and oxygen atoms in total. The van der Waals surface area contributed by atoms with E-state index in [-0.39, 0.29) is 12.1 Å². The molecule has 5 heteroatoms. The fourth-order valence-electron chi connectivity index (χ4n) is 2.20. The quantitative estimate of drug-likeness (QED) is 0.799. The molecule has 1 amide bonds. The Kier molecular flexibility index (Phi) is 4.91. The van der Waals surface area contributed by atoms with Gasteiger partial charge in [-0.2, -0.15) is 0 Å². The Morgan fingerprint density at radius 3 is 2.80 bits per heavy atom. The van der Waals surface area contributed by atoms with Gasteiger partial charge in [-0.3, -0.25) is 4.98 Å². The molecular weight excluding hydrogens is 272 g/mol. The number of hydrogen-bond acceptors (Lipinski definition) is 4. The van der Waals surface area contributed by atoms with Crippen LogP contribution in [-0.2, 0) is 4.74 Å².